The predicted octanol–water partition coefficient (Wildman–Crippen LogP) is 3.93. The summed E-state index contributed by atoms with van der Waals surface area (Å²) < 4.78 is 6.06. The van der Waals surface area contributed by atoms with Gasteiger partial charge >= 0.3 is 0 Å². The average molecular weight is 268 g/mol. The maximum absolute atomic E-state index is 6.32. The zero-order valence-electron chi connectivity index (χ0n) is 11.4. The van der Waals surface area contributed by atoms with E-state index in [4.69, 9.17) is 22.1 Å². The van der Waals surface area contributed by atoms with Gasteiger partial charge in [-0.15, -0.1) is 0 Å². The van der Waals surface area contributed by atoms with E-state index in [9.17, 15) is 0 Å². The fourth-order valence-corrected chi connectivity index (χ4v) is 2.72. The van der Waals surface area contributed by atoms with Crippen LogP contribution in [0.5, 0.6) is 5.75 Å². The fourth-order valence-electron chi connectivity index (χ4n) is 2.61. The second-order valence-corrected chi connectivity index (χ2v) is 6.38. The van der Waals surface area contributed by atoms with Crippen LogP contribution in [0, 0.1) is 12.3 Å². The molecule has 0 saturated heterocycles. The third kappa shape index (κ3) is 2.81. The first kappa shape index (κ1) is 13.7. The van der Waals surface area contributed by atoms with Crippen LogP contribution in [0.3, 0.4) is 0 Å². The molecule has 0 bridgehead atoms. The third-order valence-electron chi connectivity index (χ3n) is 4.03. The molecule has 1 aromatic carbocycles. The maximum Gasteiger partial charge on any atom is 0.120 e. The van der Waals surface area contributed by atoms with Crippen LogP contribution in [0.15, 0.2) is 18.2 Å². The number of ether oxygens (including phenoxy) is 1. The van der Waals surface area contributed by atoms with Crippen LogP contribution in [0.4, 0.5) is 0 Å². The van der Waals surface area contributed by atoms with Crippen molar-refractivity contribution in [2.24, 2.45) is 11.1 Å². The van der Waals surface area contributed by atoms with E-state index < -0.39 is 0 Å². The molecular weight excluding hydrogens is 246 g/mol. The predicted molar refractivity (Wildman–Crippen MR) is 76.2 cm³/mol. The Morgan fingerprint density at radius 3 is 2.78 bits per heavy atom. The molecule has 0 aromatic heterocycles. The molecule has 2 N–H and O–H groups in total. The lowest BCUT2D eigenvalue weighted by Gasteiger charge is -2.41. The summed E-state index contributed by atoms with van der Waals surface area (Å²) in [5, 5.41) is 0.774. The maximum atomic E-state index is 6.32. The number of rotatable bonds is 2. The molecule has 1 aromatic rings. The van der Waals surface area contributed by atoms with Gasteiger partial charge in [-0.2, -0.15) is 0 Å². The van der Waals surface area contributed by atoms with Crippen LogP contribution in [0.1, 0.15) is 38.7 Å². The highest BCUT2D eigenvalue weighted by Gasteiger charge is 2.37. The van der Waals surface area contributed by atoms with Gasteiger partial charge in [0.2, 0.25) is 0 Å². The lowest BCUT2D eigenvalue weighted by atomic mass is 9.72. The summed E-state index contributed by atoms with van der Waals surface area (Å²) >= 11 is 6.02. The van der Waals surface area contributed by atoms with Crippen molar-refractivity contribution >= 4 is 11.6 Å². The molecule has 0 heterocycles. The van der Waals surface area contributed by atoms with Gasteiger partial charge in [0.25, 0.3) is 0 Å². The monoisotopic (exact) mass is 267 g/mol. The van der Waals surface area contributed by atoms with E-state index in [0.29, 0.717) is 0 Å². The molecule has 18 heavy (non-hydrogen) atoms. The summed E-state index contributed by atoms with van der Waals surface area (Å²) in [6, 6.07) is 5.87. The SMILES string of the molecule is Cc1cc(OC2CCCC(C)(C)C2N)ccc1Cl. The Morgan fingerprint density at radius 2 is 2.11 bits per heavy atom. The molecule has 1 saturated carbocycles. The molecule has 3 heteroatoms. The Hall–Kier alpha value is -0.730. The summed E-state index contributed by atoms with van der Waals surface area (Å²) in [5.41, 5.74) is 7.52. The molecule has 2 unspecified atom stereocenters. The van der Waals surface area contributed by atoms with Crippen molar-refractivity contribution in [3.8, 4) is 5.75 Å². The average Bonchev–Trinajstić information content (AvgIpc) is 2.30. The highest BCUT2D eigenvalue weighted by Crippen LogP contribution is 2.36. The molecular formula is C15H22ClNO. The third-order valence-corrected chi connectivity index (χ3v) is 4.45. The highest BCUT2D eigenvalue weighted by molar-refractivity contribution is 6.31. The topological polar surface area (TPSA) is 35.2 Å². The van der Waals surface area contributed by atoms with Gasteiger partial charge in [0, 0.05) is 11.1 Å². The summed E-state index contributed by atoms with van der Waals surface area (Å²) in [4.78, 5) is 0. The minimum atomic E-state index is 0.0854. The van der Waals surface area contributed by atoms with Gasteiger partial charge in [0.15, 0.2) is 0 Å². The normalized spacial score (nSPS) is 26.9. The first-order valence-corrected chi connectivity index (χ1v) is 6.96. The molecule has 0 aliphatic heterocycles. The Balaban J connectivity index is 2.11. The highest BCUT2D eigenvalue weighted by atomic mass is 35.5. The second-order valence-electron chi connectivity index (χ2n) is 5.97. The molecule has 2 nitrogen and oxygen atoms in total. The molecule has 1 aliphatic rings. The van der Waals surface area contributed by atoms with Crippen molar-refractivity contribution in [2.45, 2.75) is 52.2 Å². The molecule has 2 rings (SSSR count). The van der Waals surface area contributed by atoms with Crippen molar-refractivity contribution in [3.05, 3.63) is 28.8 Å². The molecule has 0 amide bonds. The first-order valence-electron chi connectivity index (χ1n) is 6.58. The minimum Gasteiger partial charge on any atom is -0.489 e. The largest absolute Gasteiger partial charge is 0.489 e. The quantitative estimate of drug-likeness (QED) is 0.881. The first-order chi connectivity index (χ1) is 8.40. The van der Waals surface area contributed by atoms with Gasteiger partial charge in [-0.05, 0) is 55.4 Å². The van der Waals surface area contributed by atoms with Crippen molar-refractivity contribution in [3.63, 3.8) is 0 Å². The molecule has 1 aliphatic carbocycles. The Morgan fingerprint density at radius 1 is 1.39 bits per heavy atom. The van der Waals surface area contributed by atoms with Crippen LogP contribution in [0.25, 0.3) is 0 Å². The summed E-state index contributed by atoms with van der Waals surface area (Å²) in [5.74, 6) is 0.870. The lowest BCUT2D eigenvalue weighted by Crippen LogP contribution is -2.51. The van der Waals surface area contributed by atoms with Crippen molar-refractivity contribution in [1.82, 2.24) is 0 Å². The van der Waals surface area contributed by atoms with Crippen LogP contribution in [0.2, 0.25) is 5.02 Å². The zero-order chi connectivity index (χ0) is 13.3. The molecule has 2 atom stereocenters. The molecule has 100 valence electrons. The van der Waals surface area contributed by atoms with E-state index in [1.807, 2.05) is 25.1 Å². The van der Waals surface area contributed by atoms with Crippen molar-refractivity contribution in [2.75, 3.05) is 0 Å². The van der Waals surface area contributed by atoms with Crippen LogP contribution >= 0.6 is 11.6 Å². The molecule has 0 radical (unpaired) electrons. The fraction of sp³-hybridized carbons (Fsp3) is 0.600. The van der Waals surface area contributed by atoms with E-state index in [1.54, 1.807) is 0 Å². The Labute approximate surface area is 114 Å². The zero-order valence-corrected chi connectivity index (χ0v) is 12.1. The van der Waals surface area contributed by atoms with Gasteiger partial charge in [0.05, 0.1) is 0 Å². The van der Waals surface area contributed by atoms with E-state index in [-0.39, 0.29) is 17.6 Å². The molecule has 0 spiro atoms. The van der Waals surface area contributed by atoms with Crippen LogP contribution in [-0.2, 0) is 0 Å². The van der Waals surface area contributed by atoms with Gasteiger partial charge in [-0.3, -0.25) is 0 Å². The smallest absolute Gasteiger partial charge is 0.120 e. The van der Waals surface area contributed by atoms with E-state index >= 15 is 0 Å². The second kappa shape index (κ2) is 5.10. The van der Waals surface area contributed by atoms with Crippen LogP contribution in [-0.4, -0.2) is 12.1 Å². The lowest BCUT2D eigenvalue weighted by molar-refractivity contribution is 0.0567. The minimum absolute atomic E-state index is 0.0854. The van der Waals surface area contributed by atoms with Gasteiger partial charge < -0.3 is 10.5 Å². The van der Waals surface area contributed by atoms with Gasteiger partial charge in [-0.1, -0.05) is 25.4 Å². The van der Waals surface area contributed by atoms with E-state index in [2.05, 4.69) is 13.8 Å². The number of hydrogen-bond acceptors (Lipinski definition) is 2. The number of nitrogens with two attached hydrogens (primary N) is 1. The van der Waals surface area contributed by atoms with E-state index in [0.717, 1.165) is 22.8 Å². The van der Waals surface area contributed by atoms with Crippen LogP contribution < -0.4 is 10.5 Å². The number of aryl methyl sites for hydroxylation is 1. The summed E-state index contributed by atoms with van der Waals surface area (Å²) in [6.07, 6.45) is 3.49. The standard InChI is InChI=1S/C15H22ClNO/c1-10-9-11(6-7-12(10)16)18-13-5-4-8-15(2,3)14(13)17/h6-7,9,13-14H,4-5,8,17H2,1-3H3. The number of benzene rings is 1. The number of halogens is 1. The van der Waals surface area contributed by atoms with Crippen molar-refractivity contribution in [1.29, 1.82) is 0 Å². The van der Waals surface area contributed by atoms with Gasteiger partial charge in [0.1, 0.15) is 11.9 Å². The Bertz CT molecular complexity index is 431. The van der Waals surface area contributed by atoms with Crippen molar-refractivity contribution < 1.29 is 4.74 Å². The summed E-state index contributed by atoms with van der Waals surface area (Å²) in [7, 11) is 0. The van der Waals surface area contributed by atoms with E-state index in [1.165, 1.54) is 12.8 Å². The summed E-state index contributed by atoms with van der Waals surface area (Å²) in [6.45, 7) is 6.43. The van der Waals surface area contributed by atoms with Gasteiger partial charge in [-0.25, -0.2) is 0 Å². The molecule has 1 fully saturated rings. The Kier molecular flexibility index (Phi) is 3.88. The number of hydrogen-bond donors (Lipinski definition) is 1.